The predicted octanol–water partition coefficient (Wildman–Crippen LogP) is 6.79. The molecule has 4 amide bonds. The Kier molecular flexibility index (Phi) is 14.2. The van der Waals surface area contributed by atoms with Crippen LogP contribution in [-0.4, -0.2) is 155 Å². The Hall–Kier alpha value is -8.04. The summed E-state index contributed by atoms with van der Waals surface area (Å²) in [4.78, 5) is 67.6. The van der Waals surface area contributed by atoms with Gasteiger partial charge in [0.1, 0.15) is 28.7 Å². The third-order valence-electron chi connectivity index (χ3n) is 12.6. The van der Waals surface area contributed by atoms with Crippen LogP contribution in [0.15, 0.2) is 122 Å². The van der Waals surface area contributed by atoms with Gasteiger partial charge in [-0.2, -0.15) is 10.0 Å². The fraction of sp³-hybridized carbons (Fsp3) is 0.308. The number of hydrazine groups is 1. The summed E-state index contributed by atoms with van der Waals surface area (Å²) < 4.78 is 15.7. The Morgan fingerprint density at radius 1 is 0.556 bits per heavy atom. The van der Waals surface area contributed by atoms with E-state index in [4.69, 9.17) is 29.4 Å². The van der Waals surface area contributed by atoms with Crippen molar-refractivity contribution in [3.8, 4) is 22.8 Å². The van der Waals surface area contributed by atoms with Gasteiger partial charge < -0.3 is 43.5 Å². The molecule has 2 aliphatic rings. The number of carbonyl (C=O) groups is 2. The van der Waals surface area contributed by atoms with Gasteiger partial charge in [-0.25, -0.2) is 34.5 Å². The molecule has 2 aromatic carbocycles. The van der Waals surface area contributed by atoms with Gasteiger partial charge in [0, 0.05) is 100 Å². The maximum Gasteiger partial charge on any atom is 0.347 e. The van der Waals surface area contributed by atoms with E-state index in [1.54, 1.807) is 73.2 Å². The van der Waals surface area contributed by atoms with Crippen LogP contribution in [0.2, 0.25) is 0 Å². The fourth-order valence-electron chi connectivity index (χ4n) is 8.73. The van der Waals surface area contributed by atoms with Crippen molar-refractivity contribution in [3.63, 3.8) is 0 Å². The minimum atomic E-state index is -0.649. The molecular weight excluding hydrogens is 913 g/mol. The summed E-state index contributed by atoms with van der Waals surface area (Å²) in [5, 5.41) is 10.4. The minimum Gasteiger partial charge on any atom is -0.378 e. The first-order chi connectivity index (χ1) is 35.2. The van der Waals surface area contributed by atoms with Crippen molar-refractivity contribution in [2.45, 2.75) is 13.1 Å². The summed E-state index contributed by atoms with van der Waals surface area (Å²) in [6.07, 6.45) is 8.89. The molecule has 0 aliphatic carbocycles. The number of hydrogen-bond donors (Lipinski definition) is 2. The summed E-state index contributed by atoms with van der Waals surface area (Å²) in [5.74, 6) is 3.02. The Labute approximate surface area is 417 Å². The number of pyridine rings is 2. The van der Waals surface area contributed by atoms with Crippen LogP contribution in [0.25, 0.3) is 44.8 Å². The summed E-state index contributed by atoms with van der Waals surface area (Å²) >= 11 is 0. The van der Waals surface area contributed by atoms with Crippen LogP contribution < -0.4 is 30.5 Å². The fourth-order valence-corrected chi connectivity index (χ4v) is 8.73. The highest BCUT2D eigenvalue weighted by molar-refractivity contribution is 6.13. The lowest BCUT2D eigenvalue weighted by Gasteiger charge is -2.34. The third kappa shape index (κ3) is 10.5. The largest absolute Gasteiger partial charge is 0.378 e. The molecular formula is C52H58N16O4. The topological polar surface area (TPSA) is 183 Å². The molecule has 0 spiro atoms. The van der Waals surface area contributed by atoms with Crippen LogP contribution in [-0.2, 0) is 22.6 Å². The van der Waals surface area contributed by atoms with Crippen molar-refractivity contribution in [1.82, 2.24) is 48.8 Å². The molecule has 0 saturated carbocycles. The lowest BCUT2D eigenvalue weighted by atomic mass is 10.1. The molecule has 8 heterocycles. The molecule has 0 atom stereocenters. The highest BCUT2D eigenvalue weighted by atomic mass is 16.5. The zero-order valence-electron chi connectivity index (χ0n) is 40.9. The number of aromatic nitrogens is 8. The van der Waals surface area contributed by atoms with E-state index in [0.717, 1.165) is 71.0 Å². The van der Waals surface area contributed by atoms with Gasteiger partial charge in [0.25, 0.3) is 0 Å². The number of likely N-dealkylation sites (N-methyl/N-ethyl adjacent to an activating group) is 2. The van der Waals surface area contributed by atoms with Crippen molar-refractivity contribution < 1.29 is 19.1 Å². The predicted molar refractivity (Wildman–Crippen MR) is 281 cm³/mol. The van der Waals surface area contributed by atoms with Crippen molar-refractivity contribution in [1.29, 1.82) is 0 Å². The number of nitrogens with one attached hydrogen (secondary N) is 2. The molecule has 72 heavy (non-hydrogen) atoms. The highest BCUT2D eigenvalue weighted by Crippen LogP contribution is 2.34. The number of nitrogens with zero attached hydrogens (tertiary/aromatic N) is 14. The van der Waals surface area contributed by atoms with Gasteiger partial charge in [0.15, 0.2) is 11.6 Å². The summed E-state index contributed by atoms with van der Waals surface area (Å²) in [6, 6.07) is 26.1. The quantitative estimate of drug-likeness (QED) is 0.109. The first-order valence-corrected chi connectivity index (χ1v) is 24.1. The Morgan fingerprint density at radius 3 is 1.47 bits per heavy atom. The lowest BCUT2D eigenvalue weighted by molar-refractivity contribution is 0.122. The average molecular weight is 971 g/mol. The molecule has 2 N–H and O–H groups in total. The second-order valence-corrected chi connectivity index (χ2v) is 18.1. The Morgan fingerprint density at radius 2 is 1.03 bits per heavy atom. The van der Waals surface area contributed by atoms with E-state index in [2.05, 4.69) is 102 Å². The van der Waals surface area contributed by atoms with E-state index < -0.39 is 12.1 Å². The Bertz CT molecular complexity index is 2910. The number of rotatable bonds is 14. The second kappa shape index (κ2) is 21.5. The zero-order valence-corrected chi connectivity index (χ0v) is 40.9. The van der Waals surface area contributed by atoms with E-state index in [1.165, 1.54) is 10.0 Å². The number of anilines is 6. The highest BCUT2D eigenvalue weighted by Gasteiger charge is 2.31. The van der Waals surface area contributed by atoms with Crippen LogP contribution in [0.3, 0.4) is 0 Å². The number of fused-ring (bicyclic) bond motifs is 2. The molecule has 2 saturated heterocycles. The number of benzene rings is 2. The maximum atomic E-state index is 14.9. The van der Waals surface area contributed by atoms with Gasteiger partial charge in [0.05, 0.1) is 48.6 Å². The molecule has 2 fully saturated rings. The standard InChI is InChI=1S/C52H58N16O4/c1-61(2)25-27-63-23-18-42-47(63)57-45(59-49(42)65-29-33-71-34-30-65)37-8-12-40(13-9-37)67(51(69)55-39-16-21-53-22-17-39)68(52(70)56-44-7-5-6-20-54-44)41-14-10-38(11-15-41)46-58-48-43(19-24-64(48)28-26-62(3)4)50(60-46)66-31-35-72-36-32-66/h5-24H,25-36H2,1-4H3,(H,53,55,69)(H,54,56,70). The number of carbonyl (C=O) groups excluding carboxylic acids is 2. The van der Waals surface area contributed by atoms with Crippen LogP contribution in [0, 0.1) is 0 Å². The normalized spacial score (nSPS) is 14.1. The second-order valence-electron chi connectivity index (χ2n) is 18.1. The number of amides is 4. The van der Waals surface area contributed by atoms with Crippen molar-refractivity contribution in [2.75, 3.05) is 124 Å². The molecule has 2 aliphatic heterocycles. The maximum absolute atomic E-state index is 14.9. The van der Waals surface area contributed by atoms with Gasteiger partial charge >= 0.3 is 12.1 Å². The smallest absolute Gasteiger partial charge is 0.347 e. The molecule has 8 aromatic rings. The van der Waals surface area contributed by atoms with E-state index >= 15 is 0 Å². The molecule has 20 heteroatoms. The van der Waals surface area contributed by atoms with Gasteiger partial charge in [-0.3, -0.25) is 10.3 Å². The first kappa shape index (κ1) is 47.6. The molecule has 370 valence electrons. The summed E-state index contributed by atoms with van der Waals surface area (Å²) in [7, 11) is 8.21. The van der Waals surface area contributed by atoms with E-state index in [0.29, 0.717) is 87.1 Å². The SMILES string of the molecule is CN(C)CCn1ccc2c(N3CCOCC3)nc(-c3ccc(N(C(=O)Nc4ccncc4)N(C(=O)Nc4ccccn4)c4ccc(-c5nc(N6CCOCC6)c6ccn(CCN(C)C)c6n5)cc4)cc3)nc21. The van der Waals surface area contributed by atoms with Gasteiger partial charge in [-0.15, -0.1) is 0 Å². The van der Waals surface area contributed by atoms with Crippen molar-refractivity contribution in [3.05, 3.63) is 122 Å². The Balaban J connectivity index is 1.05. The van der Waals surface area contributed by atoms with E-state index in [1.807, 2.05) is 24.3 Å². The monoisotopic (exact) mass is 970 g/mol. The molecule has 20 nitrogen and oxygen atoms in total. The molecule has 0 bridgehead atoms. The summed E-state index contributed by atoms with van der Waals surface area (Å²) in [5.41, 5.74) is 4.31. The van der Waals surface area contributed by atoms with Crippen LogP contribution in [0.5, 0.6) is 0 Å². The molecule has 0 radical (unpaired) electrons. The van der Waals surface area contributed by atoms with Crippen LogP contribution in [0.1, 0.15) is 0 Å². The molecule has 10 rings (SSSR count). The molecule has 0 unspecified atom stereocenters. The van der Waals surface area contributed by atoms with Crippen molar-refractivity contribution >= 4 is 68.6 Å². The van der Waals surface area contributed by atoms with Gasteiger partial charge in [-0.1, -0.05) is 6.07 Å². The van der Waals surface area contributed by atoms with Gasteiger partial charge in [0.2, 0.25) is 0 Å². The number of morpholine rings is 2. The summed E-state index contributed by atoms with van der Waals surface area (Å²) in [6.45, 7) is 8.39. The first-order valence-electron chi connectivity index (χ1n) is 24.1. The molecule has 6 aromatic heterocycles. The average Bonchev–Trinajstić information content (AvgIpc) is 4.03. The van der Waals surface area contributed by atoms with Crippen LogP contribution >= 0.6 is 0 Å². The minimum absolute atomic E-state index is 0.294. The third-order valence-corrected chi connectivity index (χ3v) is 12.6. The van der Waals surface area contributed by atoms with Crippen LogP contribution in [0.4, 0.5) is 44.1 Å². The van der Waals surface area contributed by atoms with E-state index in [9.17, 15) is 9.59 Å². The number of hydrogen-bond acceptors (Lipinski definition) is 14. The number of ether oxygens (including phenoxy) is 2. The van der Waals surface area contributed by atoms with Gasteiger partial charge in [-0.05, 0) is 113 Å². The number of urea groups is 2. The lowest BCUT2D eigenvalue weighted by Crippen LogP contribution is -2.54. The van der Waals surface area contributed by atoms with E-state index in [-0.39, 0.29) is 0 Å². The zero-order chi connectivity index (χ0) is 49.6. The van der Waals surface area contributed by atoms with Crippen molar-refractivity contribution in [2.24, 2.45) is 0 Å².